The summed E-state index contributed by atoms with van der Waals surface area (Å²) in [5, 5.41) is 3.52. The van der Waals surface area contributed by atoms with Crippen LogP contribution in [0.2, 0.25) is 0 Å². The molecule has 0 radical (unpaired) electrons. The fourth-order valence-electron chi connectivity index (χ4n) is 3.45. The SMILES string of the molecule is COC(=O)c1ccc([C@@H]2CO[C@]3(CCN(C(=O)OC(C)(C)C)C3)CN2)cc1. The molecule has 0 unspecified atom stereocenters. The minimum Gasteiger partial charge on any atom is -0.465 e. The first-order valence-corrected chi connectivity index (χ1v) is 9.25. The zero-order valence-corrected chi connectivity index (χ0v) is 16.4. The maximum Gasteiger partial charge on any atom is 0.410 e. The lowest BCUT2D eigenvalue weighted by molar-refractivity contribution is -0.0762. The van der Waals surface area contributed by atoms with Crippen molar-refractivity contribution in [2.45, 2.75) is 44.4 Å². The van der Waals surface area contributed by atoms with Gasteiger partial charge >= 0.3 is 12.1 Å². The Hall–Kier alpha value is -2.12. The summed E-state index contributed by atoms with van der Waals surface area (Å²) in [7, 11) is 1.37. The molecule has 2 fully saturated rings. The van der Waals surface area contributed by atoms with Crippen molar-refractivity contribution in [3.05, 3.63) is 35.4 Å². The van der Waals surface area contributed by atoms with Crippen molar-refractivity contribution in [3.63, 3.8) is 0 Å². The molecule has 2 aliphatic rings. The largest absolute Gasteiger partial charge is 0.465 e. The first-order chi connectivity index (χ1) is 12.7. The van der Waals surface area contributed by atoms with Gasteiger partial charge in [-0.2, -0.15) is 0 Å². The van der Waals surface area contributed by atoms with E-state index >= 15 is 0 Å². The molecule has 2 saturated heterocycles. The third kappa shape index (κ3) is 4.59. The molecule has 1 aromatic carbocycles. The van der Waals surface area contributed by atoms with Gasteiger partial charge in [-0.15, -0.1) is 0 Å². The number of hydrogen-bond acceptors (Lipinski definition) is 6. The van der Waals surface area contributed by atoms with Crippen LogP contribution >= 0.6 is 0 Å². The van der Waals surface area contributed by atoms with Gasteiger partial charge in [-0.25, -0.2) is 9.59 Å². The number of ether oxygens (including phenoxy) is 3. The zero-order valence-electron chi connectivity index (χ0n) is 16.4. The molecule has 1 amide bonds. The molecule has 0 bridgehead atoms. The second-order valence-electron chi connectivity index (χ2n) is 8.19. The van der Waals surface area contributed by atoms with E-state index in [-0.39, 0.29) is 23.7 Å². The molecule has 1 spiro atoms. The van der Waals surface area contributed by atoms with E-state index < -0.39 is 5.60 Å². The van der Waals surface area contributed by atoms with Gasteiger partial charge in [0, 0.05) is 13.1 Å². The van der Waals surface area contributed by atoms with Crippen LogP contribution in [0.4, 0.5) is 4.79 Å². The molecule has 1 aromatic rings. The van der Waals surface area contributed by atoms with Crippen LogP contribution in [0.1, 0.15) is 49.2 Å². The summed E-state index contributed by atoms with van der Waals surface area (Å²) >= 11 is 0. The Morgan fingerprint density at radius 2 is 1.96 bits per heavy atom. The summed E-state index contributed by atoms with van der Waals surface area (Å²) in [4.78, 5) is 25.5. The average molecular weight is 376 g/mol. The smallest absolute Gasteiger partial charge is 0.410 e. The third-order valence-electron chi connectivity index (χ3n) is 4.93. The maximum atomic E-state index is 12.3. The zero-order chi connectivity index (χ0) is 19.7. The number of benzene rings is 1. The highest BCUT2D eigenvalue weighted by Crippen LogP contribution is 2.31. The van der Waals surface area contributed by atoms with E-state index in [1.165, 1.54) is 7.11 Å². The Labute approximate surface area is 160 Å². The van der Waals surface area contributed by atoms with E-state index in [1.54, 1.807) is 17.0 Å². The summed E-state index contributed by atoms with van der Waals surface area (Å²) in [6.45, 7) is 7.94. The van der Waals surface area contributed by atoms with Crippen LogP contribution in [-0.4, -0.2) is 61.5 Å². The Bertz CT molecular complexity index is 687. The summed E-state index contributed by atoms with van der Waals surface area (Å²) in [5.41, 5.74) is 0.719. The standard InChI is InChI=1S/C20H28N2O5/c1-19(2,3)27-18(24)22-10-9-20(13-22)12-21-16(11-26-20)14-5-7-15(8-6-14)17(23)25-4/h5-8,16,21H,9-13H2,1-4H3/t16-,20+/m0/s1. The molecule has 2 aliphatic heterocycles. The molecule has 0 aromatic heterocycles. The second-order valence-corrected chi connectivity index (χ2v) is 8.19. The van der Waals surface area contributed by atoms with Crippen LogP contribution in [-0.2, 0) is 14.2 Å². The first kappa shape index (κ1) is 19.6. The Morgan fingerprint density at radius 1 is 1.26 bits per heavy atom. The molecular formula is C20H28N2O5. The summed E-state index contributed by atoms with van der Waals surface area (Å²) < 4.78 is 16.4. The summed E-state index contributed by atoms with van der Waals surface area (Å²) in [5.74, 6) is -0.346. The molecule has 0 saturated carbocycles. The monoisotopic (exact) mass is 376 g/mol. The van der Waals surface area contributed by atoms with Gasteiger partial charge in [-0.3, -0.25) is 0 Å². The Kier molecular flexibility index (Phi) is 5.44. The highest BCUT2D eigenvalue weighted by molar-refractivity contribution is 5.89. The number of esters is 1. The number of carbonyl (C=O) groups excluding carboxylic acids is 2. The first-order valence-electron chi connectivity index (χ1n) is 9.25. The molecule has 27 heavy (non-hydrogen) atoms. The number of morpholine rings is 1. The lowest BCUT2D eigenvalue weighted by atomic mass is 9.97. The highest BCUT2D eigenvalue weighted by Gasteiger charge is 2.44. The van der Waals surface area contributed by atoms with Crippen LogP contribution < -0.4 is 5.32 Å². The molecule has 0 aliphatic carbocycles. The maximum absolute atomic E-state index is 12.3. The van der Waals surface area contributed by atoms with Crippen LogP contribution in [0.5, 0.6) is 0 Å². The number of nitrogens with zero attached hydrogens (tertiary/aromatic N) is 1. The molecule has 2 atom stereocenters. The number of hydrogen-bond donors (Lipinski definition) is 1. The van der Waals surface area contributed by atoms with Crippen molar-refractivity contribution in [2.24, 2.45) is 0 Å². The van der Waals surface area contributed by atoms with Crippen molar-refractivity contribution in [2.75, 3.05) is 33.4 Å². The third-order valence-corrected chi connectivity index (χ3v) is 4.93. The van der Waals surface area contributed by atoms with Crippen molar-refractivity contribution in [3.8, 4) is 0 Å². The predicted molar refractivity (Wildman–Crippen MR) is 99.6 cm³/mol. The Balaban J connectivity index is 1.56. The fourth-order valence-corrected chi connectivity index (χ4v) is 3.45. The number of likely N-dealkylation sites (tertiary alicyclic amines) is 1. The molecule has 7 heteroatoms. The van der Waals surface area contributed by atoms with E-state index in [4.69, 9.17) is 14.2 Å². The number of rotatable bonds is 2. The molecule has 7 nitrogen and oxygen atoms in total. The van der Waals surface area contributed by atoms with Gasteiger partial charge in [0.2, 0.25) is 0 Å². The minimum atomic E-state index is -0.500. The number of methoxy groups -OCH3 is 1. The van der Waals surface area contributed by atoms with Crippen LogP contribution in [0.3, 0.4) is 0 Å². The molecule has 2 heterocycles. The van der Waals surface area contributed by atoms with Crippen molar-refractivity contribution >= 4 is 12.1 Å². The van der Waals surface area contributed by atoms with Crippen molar-refractivity contribution in [1.82, 2.24) is 10.2 Å². The van der Waals surface area contributed by atoms with Crippen LogP contribution in [0, 0.1) is 0 Å². The van der Waals surface area contributed by atoms with E-state index in [2.05, 4.69) is 5.32 Å². The predicted octanol–water partition coefficient (Wildman–Crippen LogP) is 2.51. The minimum absolute atomic E-state index is 0.0536. The van der Waals surface area contributed by atoms with Gasteiger partial charge in [0.1, 0.15) is 5.60 Å². The van der Waals surface area contributed by atoms with Crippen LogP contribution in [0.15, 0.2) is 24.3 Å². The van der Waals surface area contributed by atoms with Crippen LogP contribution in [0.25, 0.3) is 0 Å². The van der Waals surface area contributed by atoms with Crippen molar-refractivity contribution in [1.29, 1.82) is 0 Å². The normalized spacial score (nSPS) is 25.5. The van der Waals surface area contributed by atoms with Gasteiger partial charge in [0.25, 0.3) is 0 Å². The van der Waals surface area contributed by atoms with E-state index in [9.17, 15) is 9.59 Å². The van der Waals surface area contributed by atoms with Gasteiger partial charge in [0.15, 0.2) is 0 Å². The molecule has 1 N–H and O–H groups in total. The average Bonchev–Trinajstić information content (AvgIpc) is 3.04. The Morgan fingerprint density at radius 3 is 2.52 bits per heavy atom. The summed E-state index contributed by atoms with van der Waals surface area (Å²) in [6.07, 6.45) is 0.497. The highest BCUT2D eigenvalue weighted by atomic mass is 16.6. The second kappa shape index (κ2) is 7.48. The molecule has 148 valence electrons. The van der Waals surface area contributed by atoms with E-state index in [0.29, 0.717) is 31.8 Å². The summed E-state index contributed by atoms with van der Waals surface area (Å²) in [6, 6.07) is 7.39. The number of carbonyl (C=O) groups is 2. The van der Waals surface area contributed by atoms with E-state index in [0.717, 1.165) is 12.0 Å². The molecular weight excluding hydrogens is 348 g/mol. The topological polar surface area (TPSA) is 77.1 Å². The molecule has 3 rings (SSSR count). The lowest BCUT2D eigenvalue weighted by Gasteiger charge is -2.38. The van der Waals surface area contributed by atoms with E-state index in [1.807, 2.05) is 32.9 Å². The van der Waals surface area contributed by atoms with Gasteiger partial charge in [-0.1, -0.05) is 12.1 Å². The van der Waals surface area contributed by atoms with Gasteiger partial charge in [-0.05, 0) is 44.9 Å². The van der Waals surface area contributed by atoms with Gasteiger partial charge in [0.05, 0.1) is 37.5 Å². The number of amides is 1. The fraction of sp³-hybridized carbons (Fsp3) is 0.600. The van der Waals surface area contributed by atoms with Gasteiger partial charge < -0.3 is 24.4 Å². The lowest BCUT2D eigenvalue weighted by Crippen LogP contribution is -2.53. The quantitative estimate of drug-likeness (QED) is 0.800. The number of nitrogens with one attached hydrogen (secondary N) is 1. The van der Waals surface area contributed by atoms with Crippen molar-refractivity contribution < 1.29 is 23.8 Å².